The summed E-state index contributed by atoms with van der Waals surface area (Å²) in [6, 6.07) is 50.8. The number of aromatic nitrogens is 8. The minimum atomic E-state index is -0.478. The molecule has 4 fully saturated rings. The molecular weight excluding hydrogens is 1900 g/mol. The monoisotopic (exact) mass is 2000 g/mol. The maximum absolute atomic E-state index is 11.7. The number of ether oxygens (including phenoxy) is 10. The Morgan fingerprint density at radius 2 is 0.629 bits per heavy atom. The van der Waals surface area contributed by atoms with Gasteiger partial charge in [0.15, 0.2) is 0 Å². The lowest BCUT2D eigenvalue weighted by Gasteiger charge is -2.36. The number of amides is 6. The van der Waals surface area contributed by atoms with Crippen molar-refractivity contribution in [3.05, 3.63) is 266 Å². The van der Waals surface area contributed by atoms with Crippen LogP contribution in [-0.2, 0) is 38.2 Å². The van der Waals surface area contributed by atoms with Gasteiger partial charge in [0.1, 0.15) is 67.7 Å². The maximum Gasteiger partial charge on any atom is 0.248 e. The van der Waals surface area contributed by atoms with Gasteiger partial charge in [-0.15, -0.1) is 0 Å². The van der Waals surface area contributed by atoms with Crippen molar-refractivity contribution in [1.82, 2.24) is 49.7 Å². The first-order valence-electron chi connectivity index (χ1n) is 44.7. The van der Waals surface area contributed by atoms with Gasteiger partial charge < -0.3 is 124 Å². The Labute approximate surface area is 839 Å². The Hall–Kier alpha value is -16.6. The molecular formula is C101H105Cl3N22O17. The summed E-state index contributed by atoms with van der Waals surface area (Å²) in [6.45, 7) is 28.1. The molecule has 4 aliphatic heterocycles. The number of hydrogen-bond donors (Lipinski definition) is 9. The molecule has 0 saturated carbocycles. The lowest BCUT2D eigenvalue weighted by atomic mass is 10.2. The molecule has 143 heavy (non-hydrogen) atoms. The first-order chi connectivity index (χ1) is 69.3. The number of hydrogen-bond acceptors (Lipinski definition) is 33. The zero-order chi connectivity index (χ0) is 101. The number of rotatable bonds is 33. The van der Waals surface area contributed by atoms with Crippen molar-refractivity contribution < 1.29 is 81.2 Å². The molecule has 0 unspecified atom stereocenters. The minimum Gasteiger partial charge on any atom is -0.494 e. The minimum absolute atomic E-state index is 0.0928. The summed E-state index contributed by atoms with van der Waals surface area (Å²) in [7, 11) is 6.40. The Kier molecular flexibility index (Phi) is 37.3. The number of aryl methyl sites for hydroxylation is 1. The number of morpholine rings is 2. The number of benzene rings is 8. The van der Waals surface area contributed by atoms with Crippen molar-refractivity contribution in [3.63, 3.8) is 0 Å². The van der Waals surface area contributed by atoms with E-state index in [0.717, 1.165) is 73.3 Å². The Balaban J connectivity index is 0.000000160. The molecule has 12 aromatic rings. The second kappa shape index (κ2) is 51.4. The predicted molar refractivity (Wildman–Crippen MR) is 551 cm³/mol. The molecule has 16 rings (SSSR count). The standard InChI is InChI=1S/C26H27ClN6O5.C26H27ClN6O4.C25H27N5O4.C24H24ClN5O4/c1-3-23(35)29-17-5-4-6-19(13-17)38-25-20(27)15-28-26(31-25)30-21-8-7-18(14-22(21)37-2)32-9-11-33(12-10-32)24(36)16-34;1-4-24(35)29-18-6-5-7-20(14-18)37-25-21(27)16-28-26(31-25)30-22-9-8-19(15-23(22)36-3)33-12-10-32(11-13-33)17(2)34;1-4-23(31)27-18-6-5-7-20(14-18)34-24-17(2)16-26-25(29-24)28-21-9-8-19(15-22(21)32-3)30-10-12-33-13-11-30;1-3-22(31)27-16-5-4-6-18(13-16)34-23-19(25)15-26-24(29-23)28-20-8-7-17(14-21(20)32-2)30-9-11-33-12-10-30/h3-8,13-15,34H,1,9-12,16H2,2H3,(H,29,35)(H,28,30,31);4-9,14-16H,1,10-13H2,2-3H3,(H,29,35)(H,28,30,31);4-9,14-16H,1,10-13H2,2-3H3,(H,27,31)(H,26,28,29);3-8,13-15H,1,9-12H2,2H3,(H,27,31)(H,26,28,29). The van der Waals surface area contributed by atoms with Gasteiger partial charge in [0.25, 0.3) is 0 Å². The molecule has 0 aliphatic carbocycles. The van der Waals surface area contributed by atoms with Crippen molar-refractivity contribution in [1.29, 1.82) is 0 Å². The van der Waals surface area contributed by atoms with Gasteiger partial charge in [-0.05, 0) is 128 Å². The highest BCUT2D eigenvalue weighted by atomic mass is 35.5. The number of aliphatic hydroxyl groups excluding tert-OH is 1. The number of carbonyl (C=O) groups is 6. The van der Waals surface area contributed by atoms with E-state index in [1.807, 2.05) is 84.6 Å². The fourth-order valence-electron chi connectivity index (χ4n) is 14.4. The lowest BCUT2D eigenvalue weighted by molar-refractivity contribution is -0.134. The van der Waals surface area contributed by atoms with Crippen LogP contribution in [0.3, 0.4) is 0 Å². The number of anilines is 16. The van der Waals surface area contributed by atoms with Crippen LogP contribution >= 0.6 is 34.8 Å². The van der Waals surface area contributed by atoms with Gasteiger partial charge >= 0.3 is 0 Å². The van der Waals surface area contributed by atoms with E-state index >= 15 is 0 Å². The molecule has 4 aromatic heterocycles. The fraction of sp³-hybridized carbons (Fsp3) is 0.228. The zero-order valence-corrected chi connectivity index (χ0v) is 81.3. The molecule has 6 amide bonds. The van der Waals surface area contributed by atoms with E-state index in [2.05, 4.69) is 128 Å². The summed E-state index contributed by atoms with van der Waals surface area (Å²) in [5.74, 6) is 4.86. The van der Waals surface area contributed by atoms with E-state index in [0.29, 0.717) is 163 Å². The van der Waals surface area contributed by atoms with Crippen LogP contribution < -0.4 is 100 Å². The van der Waals surface area contributed by atoms with Gasteiger partial charge in [-0.3, -0.25) is 28.8 Å². The third-order valence-electron chi connectivity index (χ3n) is 21.8. The number of nitrogens with one attached hydrogen (secondary N) is 8. The molecule has 39 nitrogen and oxygen atoms in total. The smallest absolute Gasteiger partial charge is 0.248 e. The number of methoxy groups -OCH3 is 4. The van der Waals surface area contributed by atoms with E-state index in [1.54, 1.807) is 144 Å². The number of nitrogens with zero attached hydrogens (tertiary/aromatic N) is 14. The fourth-order valence-corrected chi connectivity index (χ4v) is 14.8. The third-order valence-corrected chi connectivity index (χ3v) is 22.5. The maximum atomic E-state index is 11.7. The molecule has 742 valence electrons. The highest BCUT2D eigenvalue weighted by Crippen LogP contribution is 2.41. The molecule has 0 atom stereocenters. The van der Waals surface area contributed by atoms with Gasteiger partial charge in [-0.2, -0.15) is 19.9 Å². The van der Waals surface area contributed by atoms with Crippen LogP contribution in [0, 0.1) is 6.92 Å². The topological polar surface area (TPSA) is 434 Å². The van der Waals surface area contributed by atoms with Crippen LogP contribution in [0.25, 0.3) is 0 Å². The average molecular weight is 2010 g/mol. The Morgan fingerprint density at radius 1 is 0.364 bits per heavy atom. The van der Waals surface area contributed by atoms with E-state index in [-0.39, 0.29) is 86.0 Å². The summed E-state index contributed by atoms with van der Waals surface area (Å²) in [4.78, 5) is 117. The molecule has 0 bridgehead atoms. The lowest BCUT2D eigenvalue weighted by Crippen LogP contribution is -2.49. The predicted octanol–water partition coefficient (Wildman–Crippen LogP) is 16.8. The summed E-state index contributed by atoms with van der Waals surface area (Å²) in [5, 5.41) is 33.1. The molecule has 0 radical (unpaired) electrons. The van der Waals surface area contributed by atoms with Crippen LogP contribution in [0.4, 0.5) is 92.0 Å². The van der Waals surface area contributed by atoms with Gasteiger partial charge in [0.2, 0.25) is 82.8 Å². The molecule has 8 heterocycles. The Bertz CT molecular complexity index is 6360. The van der Waals surface area contributed by atoms with Crippen molar-refractivity contribution in [2.75, 3.05) is 202 Å². The zero-order valence-electron chi connectivity index (χ0n) is 79.0. The largest absolute Gasteiger partial charge is 0.494 e. The van der Waals surface area contributed by atoms with Crippen molar-refractivity contribution >= 4 is 162 Å². The normalized spacial score (nSPS) is 13.1. The van der Waals surface area contributed by atoms with E-state index < -0.39 is 6.61 Å². The van der Waals surface area contributed by atoms with E-state index in [1.165, 1.54) is 42.9 Å². The number of aliphatic hydroxyl groups is 1. The first kappa shape index (κ1) is 104. The third kappa shape index (κ3) is 29.7. The molecule has 8 aromatic carbocycles. The van der Waals surface area contributed by atoms with Gasteiger partial charge in [-0.25, -0.2) is 19.9 Å². The van der Waals surface area contributed by atoms with Crippen molar-refractivity contribution in [2.45, 2.75) is 13.8 Å². The summed E-state index contributed by atoms with van der Waals surface area (Å²) in [5.41, 5.74) is 9.77. The first-order valence-corrected chi connectivity index (χ1v) is 45.9. The highest BCUT2D eigenvalue weighted by Gasteiger charge is 2.26. The molecule has 42 heteroatoms. The molecule has 4 aliphatic rings. The molecule has 9 N–H and O–H groups in total. The summed E-state index contributed by atoms with van der Waals surface area (Å²) >= 11 is 18.8. The van der Waals surface area contributed by atoms with Crippen LogP contribution in [-0.4, -0.2) is 230 Å². The van der Waals surface area contributed by atoms with Crippen LogP contribution in [0.2, 0.25) is 15.1 Å². The number of piperazine rings is 2. The number of carbonyl (C=O) groups excluding carboxylic acids is 6. The second-order valence-electron chi connectivity index (χ2n) is 31.3. The Morgan fingerprint density at radius 3 is 0.902 bits per heavy atom. The average Bonchev–Trinajstić information content (AvgIpc) is 0.821. The van der Waals surface area contributed by atoms with Crippen LogP contribution in [0.5, 0.6) is 69.5 Å². The summed E-state index contributed by atoms with van der Waals surface area (Å²) in [6.07, 6.45) is 10.7. The second-order valence-corrected chi connectivity index (χ2v) is 32.5. The van der Waals surface area contributed by atoms with Gasteiger partial charge in [0.05, 0.1) is 96.2 Å². The van der Waals surface area contributed by atoms with E-state index in [4.69, 9.17) is 87.3 Å². The number of halogens is 3. The van der Waals surface area contributed by atoms with E-state index in [9.17, 15) is 28.8 Å². The van der Waals surface area contributed by atoms with Crippen molar-refractivity contribution in [2.24, 2.45) is 0 Å². The molecule has 0 spiro atoms. The van der Waals surface area contributed by atoms with Gasteiger partial charge in [0, 0.05) is 191 Å². The highest BCUT2D eigenvalue weighted by molar-refractivity contribution is 6.32. The molecule has 4 saturated heterocycles. The SMILES string of the molecule is C=CC(=O)Nc1cccc(Oc2nc(Nc3ccc(N4CCN(C(=O)CO)CC4)cc3OC)ncc2Cl)c1.C=CC(=O)Nc1cccc(Oc2nc(Nc3ccc(N4CCN(C(C)=O)CC4)cc3OC)ncc2Cl)c1.C=CC(=O)Nc1cccc(Oc2nc(Nc3ccc(N4CCOCC4)cc3OC)ncc2C)c1.C=CC(=O)Nc1cccc(Oc2nc(Nc3ccc(N4CCOCC4)cc3OC)ncc2Cl)c1. The van der Waals surface area contributed by atoms with Gasteiger partial charge in [-0.1, -0.05) is 85.4 Å². The summed E-state index contributed by atoms with van der Waals surface area (Å²) < 4.78 is 56.8. The quantitative estimate of drug-likeness (QED) is 0.0172. The van der Waals surface area contributed by atoms with Crippen LogP contribution in [0.15, 0.2) is 245 Å². The van der Waals surface area contributed by atoms with Crippen LogP contribution in [0.1, 0.15) is 12.5 Å². The van der Waals surface area contributed by atoms with Crippen molar-refractivity contribution in [3.8, 4) is 69.5 Å².